The second-order valence-corrected chi connectivity index (χ2v) is 4.03. The first kappa shape index (κ1) is 13.5. The third kappa shape index (κ3) is 2.57. The molecular weight excluding hydrogens is 258 g/mol. The fourth-order valence-electron chi connectivity index (χ4n) is 1.87. The molecule has 6 nitrogen and oxygen atoms in total. The van der Waals surface area contributed by atoms with Crippen molar-refractivity contribution in [3.8, 4) is 6.07 Å². The number of benzene rings is 1. The molecule has 20 heavy (non-hydrogen) atoms. The van der Waals surface area contributed by atoms with Gasteiger partial charge in [-0.3, -0.25) is 4.79 Å². The van der Waals surface area contributed by atoms with Gasteiger partial charge in [-0.05, 0) is 11.6 Å². The number of nitrogens with zero attached hydrogens (tertiary/aromatic N) is 3. The first-order valence-electron chi connectivity index (χ1n) is 5.77. The molecule has 2 aromatic rings. The van der Waals surface area contributed by atoms with Crippen molar-refractivity contribution in [2.75, 3.05) is 7.11 Å². The van der Waals surface area contributed by atoms with Gasteiger partial charge in [-0.25, -0.2) is 9.78 Å². The predicted molar refractivity (Wildman–Crippen MR) is 69.2 cm³/mol. The lowest BCUT2D eigenvalue weighted by molar-refractivity contribution is 0.0600. The Labute approximate surface area is 115 Å². The van der Waals surface area contributed by atoms with Crippen molar-refractivity contribution in [3.05, 3.63) is 53.1 Å². The number of imidazole rings is 1. The summed E-state index contributed by atoms with van der Waals surface area (Å²) in [5, 5.41) is 9.23. The predicted octanol–water partition coefficient (Wildman–Crippen LogP) is 1.40. The summed E-state index contributed by atoms with van der Waals surface area (Å²) in [6, 6.07) is 6.98. The smallest absolute Gasteiger partial charge is 0.339 e. The van der Waals surface area contributed by atoms with Crippen LogP contribution in [0.1, 0.15) is 32.0 Å². The van der Waals surface area contributed by atoms with Crippen LogP contribution in [-0.4, -0.2) is 28.9 Å². The minimum atomic E-state index is -0.553. The van der Waals surface area contributed by atoms with Crippen LogP contribution in [-0.2, 0) is 11.3 Å². The molecule has 0 fully saturated rings. The van der Waals surface area contributed by atoms with Crippen LogP contribution in [0.3, 0.4) is 0 Å². The van der Waals surface area contributed by atoms with Gasteiger partial charge < -0.3 is 9.30 Å². The number of rotatable bonds is 4. The third-order valence-corrected chi connectivity index (χ3v) is 2.79. The van der Waals surface area contributed by atoms with E-state index in [4.69, 9.17) is 0 Å². The Kier molecular flexibility index (Phi) is 3.91. The van der Waals surface area contributed by atoms with E-state index in [-0.39, 0.29) is 11.1 Å². The van der Waals surface area contributed by atoms with E-state index in [9.17, 15) is 14.9 Å². The number of carbonyl (C=O) groups excluding carboxylic acids is 2. The van der Waals surface area contributed by atoms with E-state index in [1.807, 2.05) is 6.07 Å². The molecule has 0 amide bonds. The highest BCUT2D eigenvalue weighted by Gasteiger charge is 2.15. The number of aldehydes is 1. The van der Waals surface area contributed by atoms with Crippen molar-refractivity contribution >= 4 is 12.3 Å². The Morgan fingerprint density at radius 3 is 2.95 bits per heavy atom. The van der Waals surface area contributed by atoms with E-state index in [1.54, 1.807) is 29.0 Å². The molecule has 0 unspecified atom stereocenters. The second-order valence-electron chi connectivity index (χ2n) is 4.03. The molecular formula is C14H11N3O3. The van der Waals surface area contributed by atoms with Crippen LogP contribution >= 0.6 is 0 Å². The Morgan fingerprint density at radius 2 is 2.35 bits per heavy atom. The maximum Gasteiger partial charge on any atom is 0.339 e. The number of methoxy groups -OCH3 is 1. The summed E-state index contributed by atoms with van der Waals surface area (Å²) in [6.45, 7) is 0.342. The molecule has 1 aromatic carbocycles. The van der Waals surface area contributed by atoms with Crippen molar-refractivity contribution in [1.29, 1.82) is 5.26 Å². The lowest BCUT2D eigenvalue weighted by atomic mass is 10.0. The van der Waals surface area contributed by atoms with E-state index in [0.717, 1.165) is 0 Å². The number of ether oxygens (including phenoxy) is 1. The van der Waals surface area contributed by atoms with E-state index >= 15 is 0 Å². The fraction of sp³-hybridized carbons (Fsp3) is 0.143. The number of esters is 1. The van der Waals surface area contributed by atoms with Gasteiger partial charge in [-0.1, -0.05) is 12.1 Å². The van der Waals surface area contributed by atoms with Crippen LogP contribution in [0.5, 0.6) is 0 Å². The van der Waals surface area contributed by atoms with E-state index in [2.05, 4.69) is 9.72 Å². The maximum atomic E-state index is 11.6. The van der Waals surface area contributed by atoms with Gasteiger partial charge in [0.05, 0.1) is 24.6 Å². The van der Waals surface area contributed by atoms with Crippen molar-refractivity contribution in [2.24, 2.45) is 0 Å². The second kappa shape index (κ2) is 5.80. The largest absolute Gasteiger partial charge is 0.465 e. The van der Waals surface area contributed by atoms with Crippen LogP contribution in [0.4, 0.5) is 0 Å². The molecule has 6 heteroatoms. The first-order chi connectivity index (χ1) is 9.69. The van der Waals surface area contributed by atoms with Crippen LogP contribution in [0, 0.1) is 11.3 Å². The average Bonchev–Trinajstić information content (AvgIpc) is 2.93. The molecule has 0 atom stereocenters. The summed E-state index contributed by atoms with van der Waals surface area (Å²) in [4.78, 5) is 26.1. The third-order valence-electron chi connectivity index (χ3n) is 2.79. The standard InChI is InChI=1S/C14H11N3O3/c1-20-14(19)12-4-2-3-10(13(12)5-15)6-17-7-11(8-18)16-9-17/h2-4,7-9H,6H2,1H3. The van der Waals surface area contributed by atoms with Gasteiger partial charge in [0.2, 0.25) is 0 Å². The van der Waals surface area contributed by atoms with Crippen molar-refractivity contribution in [1.82, 2.24) is 9.55 Å². The van der Waals surface area contributed by atoms with E-state index in [1.165, 1.54) is 13.4 Å². The monoisotopic (exact) mass is 269 g/mol. The normalized spacial score (nSPS) is 9.80. The first-order valence-corrected chi connectivity index (χ1v) is 5.77. The summed E-state index contributed by atoms with van der Waals surface area (Å²) in [7, 11) is 1.27. The van der Waals surface area contributed by atoms with Gasteiger partial charge in [-0.15, -0.1) is 0 Å². The zero-order valence-electron chi connectivity index (χ0n) is 10.7. The topological polar surface area (TPSA) is 85.0 Å². The highest BCUT2D eigenvalue weighted by molar-refractivity contribution is 5.92. The lowest BCUT2D eigenvalue weighted by Crippen LogP contribution is -2.08. The van der Waals surface area contributed by atoms with E-state index in [0.29, 0.717) is 24.1 Å². The molecule has 0 radical (unpaired) electrons. The highest BCUT2D eigenvalue weighted by atomic mass is 16.5. The average molecular weight is 269 g/mol. The van der Waals surface area contributed by atoms with Gasteiger partial charge in [0.15, 0.2) is 6.29 Å². The zero-order valence-corrected chi connectivity index (χ0v) is 10.7. The molecule has 0 saturated heterocycles. The number of carbonyl (C=O) groups is 2. The zero-order chi connectivity index (χ0) is 14.5. The Hall–Kier alpha value is -2.94. The van der Waals surface area contributed by atoms with Crippen LogP contribution in [0.2, 0.25) is 0 Å². The molecule has 0 spiro atoms. The van der Waals surface area contributed by atoms with E-state index < -0.39 is 5.97 Å². The summed E-state index contributed by atoms with van der Waals surface area (Å²) >= 11 is 0. The Morgan fingerprint density at radius 1 is 1.55 bits per heavy atom. The number of hydrogen-bond donors (Lipinski definition) is 0. The molecule has 0 aliphatic carbocycles. The fourth-order valence-corrected chi connectivity index (χ4v) is 1.87. The molecule has 0 aliphatic heterocycles. The minimum absolute atomic E-state index is 0.225. The number of aromatic nitrogens is 2. The van der Waals surface area contributed by atoms with Gasteiger partial charge >= 0.3 is 5.97 Å². The van der Waals surface area contributed by atoms with Crippen LogP contribution in [0.25, 0.3) is 0 Å². The van der Waals surface area contributed by atoms with Crippen molar-refractivity contribution in [3.63, 3.8) is 0 Å². The van der Waals surface area contributed by atoms with Crippen LogP contribution in [0.15, 0.2) is 30.7 Å². The Bertz CT molecular complexity index is 698. The highest BCUT2D eigenvalue weighted by Crippen LogP contribution is 2.16. The summed E-state index contributed by atoms with van der Waals surface area (Å²) in [5.74, 6) is -0.553. The molecule has 0 saturated carbocycles. The minimum Gasteiger partial charge on any atom is -0.465 e. The molecule has 0 N–H and O–H groups in total. The molecule has 2 rings (SSSR count). The SMILES string of the molecule is COC(=O)c1cccc(Cn2cnc(C=O)c2)c1C#N. The molecule has 0 bridgehead atoms. The number of hydrogen-bond acceptors (Lipinski definition) is 5. The molecule has 0 aliphatic rings. The summed E-state index contributed by atoms with van der Waals surface area (Å²) in [5.41, 5.74) is 1.46. The lowest BCUT2D eigenvalue weighted by Gasteiger charge is -2.08. The summed E-state index contributed by atoms with van der Waals surface area (Å²) < 4.78 is 6.32. The van der Waals surface area contributed by atoms with Crippen molar-refractivity contribution < 1.29 is 14.3 Å². The maximum absolute atomic E-state index is 11.6. The van der Waals surface area contributed by atoms with Gasteiger partial charge in [0, 0.05) is 12.7 Å². The summed E-state index contributed by atoms with van der Waals surface area (Å²) in [6.07, 6.45) is 3.71. The van der Waals surface area contributed by atoms with Crippen molar-refractivity contribution in [2.45, 2.75) is 6.54 Å². The molecule has 1 aromatic heterocycles. The number of nitriles is 1. The van der Waals surface area contributed by atoms with Crippen LogP contribution < -0.4 is 0 Å². The quantitative estimate of drug-likeness (QED) is 0.618. The van der Waals surface area contributed by atoms with Gasteiger partial charge in [-0.2, -0.15) is 5.26 Å². The molecule has 100 valence electrons. The molecule has 1 heterocycles. The Balaban J connectivity index is 2.39. The van der Waals surface area contributed by atoms with Gasteiger partial charge in [0.25, 0.3) is 0 Å². The van der Waals surface area contributed by atoms with Gasteiger partial charge in [0.1, 0.15) is 11.8 Å².